The Kier molecular flexibility index (Phi) is 9.00. The summed E-state index contributed by atoms with van der Waals surface area (Å²) in [5, 5.41) is 3.03. The Morgan fingerprint density at radius 2 is 1.64 bits per heavy atom. The van der Waals surface area contributed by atoms with Gasteiger partial charge in [0.05, 0.1) is 24.7 Å². The minimum atomic E-state index is -3.61. The van der Waals surface area contributed by atoms with Gasteiger partial charge >= 0.3 is 11.9 Å². The van der Waals surface area contributed by atoms with Gasteiger partial charge < -0.3 is 14.8 Å². The summed E-state index contributed by atoms with van der Waals surface area (Å²) in [5.74, 6) is -2.03. The van der Waals surface area contributed by atoms with E-state index in [4.69, 9.17) is 21.7 Å². The van der Waals surface area contributed by atoms with E-state index in [2.05, 4.69) is 16.2 Å². The SMILES string of the molecule is COC(=O)c1sc(NC(=S)NNC(=O)C2CCN(S(=O)(=O)c3ccccc3)CC2)c(C(=O)OC)c1C. The van der Waals surface area contributed by atoms with Crippen LogP contribution in [-0.4, -0.2) is 63.0 Å². The third-order valence-corrected chi connectivity index (χ3v) is 8.94. The fourth-order valence-electron chi connectivity index (χ4n) is 3.69. The molecule has 1 aliphatic rings. The van der Waals surface area contributed by atoms with Crippen LogP contribution in [0.4, 0.5) is 5.00 Å². The Hall–Kier alpha value is -3.07. The average molecular weight is 555 g/mol. The maximum Gasteiger partial charge on any atom is 0.348 e. The zero-order chi connectivity index (χ0) is 26.5. The van der Waals surface area contributed by atoms with E-state index in [-0.39, 0.29) is 44.4 Å². The number of thiocarbonyl (C=S) groups is 1. The molecule has 2 heterocycles. The van der Waals surface area contributed by atoms with Crippen molar-refractivity contribution < 1.29 is 32.3 Å². The lowest BCUT2D eigenvalue weighted by atomic mass is 9.98. The summed E-state index contributed by atoms with van der Waals surface area (Å²) in [6, 6.07) is 8.16. The molecule has 36 heavy (non-hydrogen) atoms. The van der Waals surface area contributed by atoms with Crippen molar-refractivity contribution in [2.45, 2.75) is 24.7 Å². The van der Waals surface area contributed by atoms with Crippen LogP contribution in [0, 0.1) is 12.8 Å². The number of anilines is 1. The van der Waals surface area contributed by atoms with Gasteiger partial charge in [-0.05, 0) is 49.7 Å². The second kappa shape index (κ2) is 11.8. The summed E-state index contributed by atoms with van der Waals surface area (Å²) in [6.07, 6.45) is 0.692. The van der Waals surface area contributed by atoms with Gasteiger partial charge in [0.1, 0.15) is 9.88 Å². The van der Waals surface area contributed by atoms with Gasteiger partial charge in [0, 0.05) is 19.0 Å². The molecule has 0 unspecified atom stereocenters. The molecule has 3 rings (SSSR count). The highest BCUT2D eigenvalue weighted by Gasteiger charge is 2.32. The van der Waals surface area contributed by atoms with Crippen LogP contribution in [0.15, 0.2) is 35.2 Å². The number of sulfonamides is 1. The van der Waals surface area contributed by atoms with E-state index < -0.39 is 27.9 Å². The number of piperidine rings is 1. The Bertz CT molecular complexity index is 1250. The van der Waals surface area contributed by atoms with Gasteiger partial charge in [-0.15, -0.1) is 11.3 Å². The Morgan fingerprint density at radius 3 is 2.22 bits per heavy atom. The monoisotopic (exact) mass is 554 g/mol. The van der Waals surface area contributed by atoms with Crippen molar-refractivity contribution in [3.8, 4) is 0 Å². The molecule has 1 saturated heterocycles. The molecule has 0 radical (unpaired) electrons. The number of benzene rings is 1. The topological polar surface area (TPSA) is 143 Å². The predicted octanol–water partition coefficient (Wildman–Crippen LogP) is 2.05. The number of rotatable bonds is 6. The van der Waals surface area contributed by atoms with E-state index in [0.29, 0.717) is 18.4 Å². The first-order chi connectivity index (χ1) is 17.1. The van der Waals surface area contributed by atoms with Crippen LogP contribution >= 0.6 is 23.6 Å². The van der Waals surface area contributed by atoms with Crippen molar-refractivity contribution in [3.05, 3.63) is 46.3 Å². The maximum absolute atomic E-state index is 12.8. The van der Waals surface area contributed by atoms with Gasteiger partial charge in [0.2, 0.25) is 15.9 Å². The molecule has 14 heteroatoms. The van der Waals surface area contributed by atoms with Crippen LogP contribution in [0.25, 0.3) is 0 Å². The molecule has 1 aromatic carbocycles. The van der Waals surface area contributed by atoms with Crippen LogP contribution < -0.4 is 16.2 Å². The van der Waals surface area contributed by atoms with Crippen LogP contribution in [0.3, 0.4) is 0 Å². The van der Waals surface area contributed by atoms with E-state index in [1.807, 2.05) is 0 Å². The molecule has 2 aromatic rings. The van der Waals surface area contributed by atoms with Gasteiger partial charge in [-0.1, -0.05) is 18.2 Å². The summed E-state index contributed by atoms with van der Waals surface area (Å²) in [4.78, 5) is 37.3. The van der Waals surface area contributed by atoms with Crippen molar-refractivity contribution in [2.24, 2.45) is 5.92 Å². The zero-order valence-electron chi connectivity index (χ0n) is 19.8. The zero-order valence-corrected chi connectivity index (χ0v) is 22.3. The van der Waals surface area contributed by atoms with Crippen LogP contribution in [0.5, 0.6) is 0 Å². The highest BCUT2D eigenvalue weighted by molar-refractivity contribution is 7.89. The third kappa shape index (κ3) is 6.00. The van der Waals surface area contributed by atoms with Gasteiger partial charge in [0.25, 0.3) is 0 Å². The first kappa shape index (κ1) is 27.5. The van der Waals surface area contributed by atoms with Gasteiger partial charge in [-0.2, -0.15) is 4.31 Å². The summed E-state index contributed by atoms with van der Waals surface area (Å²) in [5.41, 5.74) is 5.60. The molecular weight excluding hydrogens is 528 g/mol. The normalized spacial score (nSPS) is 14.5. The standard InChI is InChI=1S/C22H26N4O7S3/c1-13-16(20(28)32-2)19(35-17(13)21(29)33-3)23-22(34)25-24-18(27)14-9-11-26(12-10-14)36(30,31)15-7-5-4-6-8-15/h4-8,14H,9-12H2,1-3H3,(H,24,27)(H2,23,25,34). The van der Waals surface area contributed by atoms with Crippen LogP contribution in [0.1, 0.15) is 38.4 Å². The molecule has 11 nitrogen and oxygen atoms in total. The molecule has 1 aromatic heterocycles. The summed E-state index contributed by atoms with van der Waals surface area (Å²) < 4.78 is 36.4. The molecule has 0 saturated carbocycles. The smallest absolute Gasteiger partial charge is 0.348 e. The highest BCUT2D eigenvalue weighted by atomic mass is 32.2. The van der Waals surface area contributed by atoms with Crippen molar-refractivity contribution in [1.29, 1.82) is 0 Å². The largest absolute Gasteiger partial charge is 0.465 e. The fourth-order valence-corrected chi connectivity index (χ4v) is 6.52. The van der Waals surface area contributed by atoms with E-state index in [1.54, 1.807) is 37.3 Å². The molecular formula is C22H26N4O7S3. The van der Waals surface area contributed by atoms with E-state index in [0.717, 1.165) is 11.3 Å². The van der Waals surface area contributed by atoms with Crippen molar-refractivity contribution in [1.82, 2.24) is 15.2 Å². The Balaban J connectivity index is 1.57. The van der Waals surface area contributed by atoms with Crippen molar-refractivity contribution >= 4 is 61.5 Å². The summed E-state index contributed by atoms with van der Waals surface area (Å²) in [6.45, 7) is 2.01. The number of esters is 2. The molecule has 3 N–H and O–H groups in total. The van der Waals surface area contributed by atoms with Crippen molar-refractivity contribution in [3.63, 3.8) is 0 Å². The van der Waals surface area contributed by atoms with Gasteiger partial charge in [-0.3, -0.25) is 15.6 Å². The minimum Gasteiger partial charge on any atom is -0.465 e. The first-order valence-corrected chi connectivity index (χ1v) is 13.5. The third-order valence-electron chi connectivity index (χ3n) is 5.64. The number of carbonyl (C=O) groups is 3. The lowest BCUT2D eigenvalue weighted by molar-refractivity contribution is -0.126. The number of thiophene rings is 1. The predicted molar refractivity (Wildman–Crippen MR) is 137 cm³/mol. The van der Waals surface area contributed by atoms with Crippen molar-refractivity contribution in [2.75, 3.05) is 32.6 Å². The molecule has 194 valence electrons. The second-order valence-electron chi connectivity index (χ2n) is 7.80. The summed E-state index contributed by atoms with van der Waals surface area (Å²) >= 11 is 6.19. The maximum atomic E-state index is 12.8. The molecule has 0 atom stereocenters. The molecule has 0 spiro atoms. The second-order valence-corrected chi connectivity index (χ2v) is 11.2. The number of methoxy groups -OCH3 is 2. The number of amides is 1. The number of hydrogen-bond acceptors (Lipinski definition) is 9. The molecule has 1 fully saturated rings. The number of nitrogens with one attached hydrogen (secondary N) is 3. The van der Waals surface area contributed by atoms with E-state index in [1.165, 1.54) is 18.5 Å². The molecule has 1 amide bonds. The van der Waals surface area contributed by atoms with E-state index >= 15 is 0 Å². The van der Waals surface area contributed by atoms with Crippen LogP contribution in [-0.2, 0) is 24.3 Å². The molecule has 0 bridgehead atoms. The van der Waals surface area contributed by atoms with Crippen LogP contribution in [0.2, 0.25) is 0 Å². The van der Waals surface area contributed by atoms with Gasteiger partial charge in [0.15, 0.2) is 5.11 Å². The quantitative estimate of drug-likeness (QED) is 0.276. The number of nitrogens with zero attached hydrogens (tertiary/aromatic N) is 1. The number of hydrogen-bond donors (Lipinski definition) is 3. The first-order valence-electron chi connectivity index (χ1n) is 10.8. The molecule has 0 aliphatic carbocycles. The number of carbonyl (C=O) groups excluding carboxylic acids is 3. The average Bonchev–Trinajstić information content (AvgIpc) is 3.22. The highest BCUT2D eigenvalue weighted by Crippen LogP contribution is 2.34. The minimum absolute atomic E-state index is 0.0183. The van der Waals surface area contributed by atoms with E-state index in [9.17, 15) is 22.8 Å². The number of ether oxygens (including phenoxy) is 2. The Labute approximate surface area is 218 Å². The Morgan fingerprint density at radius 1 is 1.03 bits per heavy atom. The molecule has 1 aliphatic heterocycles. The lowest BCUT2D eigenvalue weighted by Crippen LogP contribution is -2.49. The van der Waals surface area contributed by atoms with Gasteiger partial charge in [-0.25, -0.2) is 18.0 Å². The summed E-state index contributed by atoms with van der Waals surface area (Å²) in [7, 11) is -1.16. The number of hydrazine groups is 1. The fraction of sp³-hybridized carbons (Fsp3) is 0.364. The lowest BCUT2D eigenvalue weighted by Gasteiger charge is -2.30.